The molecule has 106 valence electrons. The predicted octanol–water partition coefficient (Wildman–Crippen LogP) is 2.60. The first-order valence-electron chi connectivity index (χ1n) is 6.91. The van der Waals surface area contributed by atoms with Crippen molar-refractivity contribution < 1.29 is 4.79 Å². The Morgan fingerprint density at radius 3 is 2.21 bits per heavy atom. The molecule has 1 rings (SSSR count). The van der Waals surface area contributed by atoms with Crippen molar-refractivity contribution in [2.45, 2.75) is 53.6 Å². The van der Waals surface area contributed by atoms with E-state index in [1.807, 2.05) is 0 Å². The number of benzene rings is 1. The third kappa shape index (κ3) is 4.67. The number of aryl methyl sites for hydroxylation is 3. The number of hydrogen-bond acceptors (Lipinski definition) is 2. The first-order valence-corrected chi connectivity index (χ1v) is 6.91. The second kappa shape index (κ2) is 6.71. The fourth-order valence-corrected chi connectivity index (χ4v) is 2.41. The average molecular weight is 262 g/mol. The lowest BCUT2D eigenvalue weighted by Crippen LogP contribution is -2.41. The summed E-state index contributed by atoms with van der Waals surface area (Å²) in [6.45, 7) is 10.9. The van der Waals surface area contributed by atoms with Crippen molar-refractivity contribution in [3.8, 4) is 0 Å². The van der Waals surface area contributed by atoms with Crippen molar-refractivity contribution in [1.82, 2.24) is 5.32 Å². The van der Waals surface area contributed by atoms with E-state index in [0.717, 1.165) is 6.42 Å². The standard InChI is InChI=1S/C16H26N2O/c1-10(2)6-15(17)16(19)18-9-14-12(4)7-11(3)8-13(14)5/h7-8,10,15H,6,9,17H2,1-5H3,(H,18,19)/t15-/m0/s1. The lowest BCUT2D eigenvalue weighted by atomic mass is 9.99. The summed E-state index contributed by atoms with van der Waals surface area (Å²) in [7, 11) is 0. The van der Waals surface area contributed by atoms with E-state index in [9.17, 15) is 4.79 Å². The number of hydrogen-bond donors (Lipinski definition) is 2. The van der Waals surface area contributed by atoms with E-state index in [1.165, 1.54) is 22.3 Å². The van der Waals surface area contributed by atoms with Crippen LogP contribution in [0.15, 0.2) is 12.1 Å². The smallest absolute Gasteiger partial charge is 0.237 e. The zero-order valence-corrected chi connectivity index (χ0v) is 12.7. The maximum absolute atomic E-state index is 11.9. The minimum atomic E-state index is -0.411. The highest BCUT2D eigenvalue weighted by Crippen LogP contribution is 2.16. The molecule has 0 saturated heterocycles. The van der Waals surface area contributed by atoms with Crippen LogP contribution in [-0.4, -0.2) is 11.9 Å². The van der Waals surface area contributed by atoms with Gasteiger partial charge in [-0.1, -0.05) is 31.5 Å². The summed E-state index contributed by atoms with van der Waals surface area (Å²) in [5, 5.41) is 2.94. The summed E-state index contributed by atoms with van der Waals surface area (Å²) in [4.78, 5) is 11.9. The van der Waals surface area contributed by atoms with E-state index in [0.29, 0.717) is 12.5 Å². The van der Waals surface area contributed by atoms with E-state index in [4.69, 9.17) is 5.73 Å². The summed E-state index contributed by atoms with van der Waals surface area (Å²) in [6.07, 6.45) is 0.720. The van der Waals surface area contributed by atoms with E-state index >= 15 is 0 Å². The molecule has 0 heterocycles. The molecule has 1 amide bonds. The van der Waals surface area contributed by atoms with Crippen LogP contribution in [0.4, 0.5) is 0 Å². The van der Waals surface area contributed by atoms with Crippen molar-refractivity contribution in [2.75, 3.05) is 0 Å². The normalized spacial score (nSPS) is 12.6. The highest BCUT2D eigenvalue weighted by atomic mass is 16.2. The summed E-state index contributed by atoms with van der Waals surface area (Å²) in [5.74, 6) is 0.372. The third-order valence-electron chi connectivity index (χ3n) is 3.34. The third-order valence-corrected chi connectivity index (χ3v) is 3.34. The minimum Gasteiger partial charge on any atom is -0.351 e. The molecule has 3 heteroatoms. The Morgan fingerprint density at radius 1 is 1.21 bits per heavy atom. The van der Waals surface area contributed by atoms with Gasteiger partial charge in [-0.2, -0.15) is 0 Å². The van der Waals surface area contributed by atoms with Crippen molar-refractivity contribution in [3.63, 3.8) is 0 Å². The molecule has 0 radical (unpaired) electrons. The monoisotopic (exact) mass is 262 g/mol. The van der Waals surface area contributed by atoms with Gasteiger partial charge in [0, 0.05) is 6.54 Å². The molecule has 19 heavy (non-hydrogen) atoms. The highest BCUT2D eigenvalue weighted by Gasteiger charge is 2.15. The topological polar surface area (TPSA) is 55.1 Å². The zero-order valence-electron chi connectivity index (χ0n) is 12.7. The van der Waals surface area contributed by atoms with Gasteiger partial charge in [0.25, 0.3) is 0 Å². The lowest BCUT2D eigenvalue weighted by Gasteiger charge is -2.16. The Bertz CT molecular complexity index is 429. The average Bonchev–Trinajstić information content (AvgIpc) is 2.26. The van der Waals surface area contributed by atoms with Crippen molar-refractivity contribution in [2.24, 2.45) is 11.7 Å². The zero-order chi connectivity index (χ0) is 14.6. The van der Waals surface area contributed by atoms with Crippen LogP contribution in [0.1, 0.15) is 42.5 Å². The lowest BCUT2D eigenvalue weighted by molar-refractivity contribution is -0.122. The van der Waals surface area contributed by atoms with Gasteiger partial charge >= 0.3 is 0 Å². The summed E-state index contributed by atoms with van der Waals surface area (Å²) < 4.78 is 0. The molecule has 0 aliphatic rings. The van der Waals surface area contributed by atoms with E-state index < -0.39 is 6.04 Å². The minimum absolute atomic E-state index is 0.0620. The Balaban J connectivity index is 2.65. The van der Waals surface area contributed by atoms with Crippen LogP contribution < -0.4 is 11.1 Å². The van der Waals surface area contributed by atoms with Crippen LogP contribution in [0.25, 0.3) is 0 Å². The first-order chi connectivity index (χ1) is 8.81. The van der Waals surface area contributed by atoms with Gasteiger partial charge in [-0.3, -0.25) is 4.79 Å². The molecular weight excluding hydrogens is 236 g/mol. The van der Waals surface area contributed by atoms with Crippen molar-refractivity contribution >= 4 is 5.91 Å². The van der Waals surface area contributed by atoms with Gasteiger partial charge in [0.1, 0.15) is 0 Å². The summed E-state index contributed by atoms with van der Waals surface area (Å²) in [6, 6.07) is 3.87. The fourth-order valence-electron chi connectivity index (χ4n) is 2.41. The SMILES string of the molecule is Cc1cc(C)c(CNC(=O)[C@@H](N)CC(C)C)c(C)c1. The van der Waals surface area contributed by atoms with E-state index in [-0.39, 0.29) is 5.91 Å². The Labute approximate surface area is 116 Å². The van der Waals surface area contributed by atoms with Gasteiger partial charge in [0.05, 0.1) is 6.04 Å². The van der Waals surface area contributed by atoms with Gasteiger partial charge in [-0.25, -0.2) is 0 Å². The first kappa shape index (κ1) is 15.7. The highest BCUT2D eigenvalue weighted by molar-refractivity contribution is 5.81. The quantitative estimate of drug-likeness (QED) is 0.857. The van der Waals surface area contributed by atoms with Crippen LogP contribution in [0.5, 0.6) is 0 Å². The van der Waals surface area contributed by atoms with Crippen molar-refractivity contribution in [3.05, 3.63) is 34.4 Å². The number of nitrogens with two attached hydrogens (primary N) is 1. The second-order valence-electron chi connectivity index (χ2n) is 5.83. The summed E-state index contributed by atoms with van der Waals surface area (Å²) in [5.41, 5.74) is 10.7. The molecular formula is C16H26N2O. The number of nitrogens with one attached hydrogen (secondary N) is 1. The molecule has 3 nitrogen and oxygen atoms in total. The molecule has 0 saturated carbocycles. The summed E-state index contributed by atoms with van der Waals surface area (Å²) >= 11 is 0. The van der Waals surface area contributed by atoms with Crippen LogP contribution in [0, 0.1) is 26.7 Å². The molecule has 1 atom stereocenters. The van der Waals surface area contributed by atoms with Crippen molar-refractivity contribution in [1.29, 1.82) is 0 Å². The van der Waals surface area contributed by atoms with Crippen LogP contribution in [0.3, 0.4) is 0 Å². The number of carbonyl (C=O) groups excluding carboxylic acids is 1. The molecule has 0 spiro atoms. The van der Waals surface area contributed by atoms with Gasteiger partial charge in [0.15, 0.2) is 0 Å². The van der Waals surface area contributed by atoms with Gasteiger partial charge < -0.3 is 11.1 Å². The van der Waals surface area contributed by atoms with Gasteiger partial charge in [0.2, 0.25) is 5.91 Å². The van der Waals surface area contributed by atoms with Crippen LogP contribution in [-0.2, 0) is 11.3 Å². The molecule has 3 N–H and O–H groups in total. The molecule has 0 aliphatic heterocycles. The molecule has 1 aromatic carbocycles. The molecule has 0 aromatic heterocycles. The Kier molecular flexibility index (Phi) is 5.55. The largest absolute Gasteiger partial charge is 0.351 e. The van der Waals surface area contributed by atoms with E-state index in [1.54, 1.807) is 0 Å². The van der Waals surface area contributed by atoms with Crippen LogP contribution >= 0.6 is 0 Å². The Hall–Kier alpha value is -1.35. The number of carbonyl (C=O) groups is 1. The number of amides is 1. The molecule has 0 fully saturated rings. The fraction of sp³-hybridized carbons (Fsp3) is 0.562. The van der Waals surface area contributed by atoms with Gasteiger partial charge in [-0.05, 0) is 49.8 Å². The second-order valence-corrected chi connectivity index (χ2v) is 5.83. The molecule has 0 unspecified atom stereocenters. The molecule has 0 bridgehead atoms. The Morgan fingerprint density at radius 2 is 1.74 bits per heavy atom. The maximum Gasteiger partial charge on any atom is 0.237 e. The maximum atomic E-state index is 11.9. The van der Waals surface area contributed by atoms with Crippen LogP contribution in [0.2, 0.25) is 0 Å². The molecule has 0 aliphatic carbocycles. The molecule has 1 aromatic rings. The predicted molar refractivity (Wildman–Crippen MR) is 79.9 cm³/mol. The number of rotatable bonds is 5. The van der Waals surface area contributed by atoms with E-state index in [2.05, 4.69) is 52.1 Å². The van der Waals surface area contributed by atoms with Gasteiger partial charge in [-0.15, -0.1) is 0 Å².